The average Bonchev–Trinajstić information content (AvgIpc) is 2.61. The fourth-order valence-electron chi connectivity index (χ4n) is 1.83. The van der Waals surface area contributed by atoms with Gasteiger partial charge in [-0.2, -0.15) is 0 Å². The number of nitrogens with zero attached hydrogens (tertiary/aromatic N) is 3. The molecule has 0 aromatic carbocycles. The summed E-state index contributed by atoms with van der Waals surface area (Å²) in [5.41, 5.74) is 1.09. The lowest BCUT2D eigenvalue weighted by molar-refractivity contribution is 0.195. The van der Waals surface area contributed by atoms with E-state index < -0.39 is 11.6 Å². The van der Waals surface area contributed by atoms with Crippen molar-refractivity contribution in [1.29, 1.82) is 0 Å². The maximum Gasteiger partial charge on any atom is 0.412 e. The standard InChI is InChI=1S/C12H15N3O2/c1-12(2,3)15(11(16)17)10-5-4-9-6-13-8-14(9)7-10/h4-8H,1-3H3,(H,16,17). The van der Waals surface area contributed by atoms with E-state index in [1.165, 1.54) is 4.90 Å². The molecule has 0 aliphatic carbocycles. The third-order valence-corrected chi connectivity index (χ3v) is 2.51. The molecule has 0 atom stereocenters. The van der Waals surface area contributed by atoms with Gasteiger partial charge in [0, 0.05) is 11.7 Å². The van der Waals surface area contributed by atoms with E-state index in [4.69, 9.17) is 0 Å². The van der Waals surface area contributed by atoms with Crippen LogP contribution in [0.5, 0.6) is 0 Å². The smallest absolute Gasteiger partial charge is 0.412 e. The fraction of sp³-hybridized carbons (Fsp3) is 0.333. The molecule has 5 heteroatoms. The van der Waals surface area contributed by atoms with Gasteiger partial charge in [-0.05, 0) is 32.9 Å². The topological polar surface area (TPSA) is 57.8 Å². The molecule has 0 aliphatic heterocycles. The van der Waals surface area contributed by atoms with Crippen LogP contribution in [0.25, 0.3) is 5.52 Å². The molecule has 2 aromatic heterocycles. The van der Waals surface area contributed by atoms with E-state index in [1.807, 2.05) is 26.8 Å². The summed E-state index contributed by atoms with van der Waals surface area (Å²) in [7, 11) is 0. The Balaban J connectivity index is 2.52. The predicted octanol–water partition coefficient (Wildman–Crippen LogP) is 2.62. The van der Waals surface area contributed by atoms with Crippen molar-refractivity contribution in [3.05, 3.63) is 30.9 Å². The maximum absolute atomic E-state index is 11.3. The van der Waals surface area contributed by atoms with Gasteiger partial charge in [-0.25, -0.2) is 9.78 Å². The van der Waals surface area contributed by atoms with Crippen molar-refractivity contribution < 1.29 is 9.90 Å². The summed E-state index contributed by atoms with van der Waals surface area (Å²) in [6.07, 6.45) is 4.19. The molecule has 0 radical (unpaired) electrons. The van der Waals surface area contributed by atoms with Crippen molar-refractivity contribution in [1.82, 2.24) is 9.38 Å². The Bertz CT molecular complexity index is 554. The van der Waals surface area contributed by atoms with E-state index in [9.17, 15) is 9.90 Å². The highest BCUT2D eigenvalue weighted by Gasteiger charge is 2.27. The quantitative estimate of drug-likeness (QED) is 0.823. The van der Waals surface area contributed by atoms with E-state index in [1.54, 1.807) is 29.2 Å². The Morgan fingerprint density at radius 2 is 2.12 bits per heavy atom. The van der Waals surface area contributed by atoms with E-state index >= 15 is 0 Å². The van der Waals surface area contributed by atoms with Gasteiger partial charge in [-0.3, -0.25) is 4.90 Å². The molecule has 2 heterocycles. The normalized spacial score (nSPS) is 11.7. The molecule has 0 bridgehead atoms. The molecule has 0 spiro atoms. The highest BCUT2D eigenvalue weighted by Crippen LogP contribution is 2.24. The summed E-state index contributed by atoms with van der Waals surface area (Å²) >= 11 is 0. The zero-order valence-electron chi connectivity index (χ0n) is 10.1. The van der Waals surface area contributed by atoms with E-state index in [2.05, 4.69) is 4.98 Å². The second-order valence-corrected chi connectivity index (χ2v) is 4.90. The van der Waals surface area contributed by atoms with Gasteiger partial charge in [-0.15, -0.1) is 0 Å². The van der Waals surface area contributed by atoms with Crippen molar-refractivity contribution in [2.24, 2.45) is 0 Å². The Labute approximate surface area is 99.3 Å². The SMILES string of the molecule is CC(C)(C)N(C(=O)O)c1ccc2cncn2c1. The number of hydrogen-bond acceptors (Lipinski definition) is 2. The number of pyridine rings is 1. The molecule has 0 saturated carbocycles. The minimum absolute atomic E-state index is 0.486. The van der Waals surface area contributed by atoms with Crippen LogP contribution >= 0.6 is 0 Å². The first-order valence-corrected chi connectivity index (χ1v) is 5.34. The summed E-state index contributed by atoms with van der Waals surface area (Å²) in [5.74, 6) is 0. The molecule has 17 heavy (non-hydrogen) atoms. The number of hydrogen-bond donors (Lipinski definition) is 1. The third-order valence-electron chi connectivity index (χ3n) is 2.51. The lowest BCUT2D eigenvalue weighted by atomic mass is 10.1. The predicted molar refractivity (Wildman–Crippen MR) is 65.4 cm³/mol. The number of anilines is 1. The second kappa shape index (κ2) is 3.76. The molecule has 5 nitrogen and oxygen atoms in total. The van der Waals surface area contributed by atoms with Crippen molar-refractivity contribution in [3.63, 3.8) is 0 Å². The molecular formula is C12H15N3O2. The summed E-state index contributed by atoms with van der Waals surface area (Å²) in [5, 5.41) is 9.29. The van der Waals surface area contributed by atoms with Crippen LogP contribution in [0, 0.1) is 0 Å². The van der Waals surface area contributed by atoms with E-state index in [0.717, 1.165) is 5.52 Å². The molecule has 0 unspecified atom stereocenters. The van der Waals surface area contributed by atoms with E-state index in [-0.39, 0.29) is 0 Å². The number of aromatic nitrogens is 2. The Kier molecular flexibility index (Phi) is 2.53. The van der Waals surface area contributed by atoms with Crippen molar-refractivity contribution >= 4 is 17.3 Å². The highest BCUT2D eigenvalue weighted by molar-refractivity contribution is 5.87. The number of fused-ring (bicyclic) bond motifs is 1. The lowest BCUT2D eigenvalue weighted by Crippen LogP contribution is -2.45. The lowest BCUT2D eigenvalue weighted by Gasteiger charge is -2.33. The Morgan fingerprint density at radius 1 is 1.41 bits per heavy atom. The number of carbonyl (C=O) groups is 1. The molecule has 1 N–H and O–H groups in total. The molecule has 0 fully saturated rings. The van der Waals surface area contributed by atoms with Gasteiger partial charge in [0.15, 0.2) is 0 Å². The summed E-state index contributed by atoms with van der Waals surface area (Å²) in [6.45, 7) is 5.58. The molecular weight excluding hydrogens is 218 g/mol. The summed E-state index contributed by atoms with van der Waals surface area (Å²) < 4.78 is 1.80. The maximum atomic E-state index is 11.3. The monoisotopic (exact) mass is 233 g/mol. The van der Waals surface area contributed by atoms with Crippen molar-refractivity contribution in [2.75, 3.05) is 4.90 Å². The van der Waals surface area contributed by atoms with Gasteiger partial charge < -0.3 is 9.51 Å². The first kappa shape index (κ1) is 11.4. The third kappa shape index (κ3) is 2.08. The Morgan fingerprint density at radius 3 is 2.71 bits per heavy atom. The molecule has 0 saturated heterocycles. The largest absolute Gasteiger partial charge is 0.465 e. The first-order chi connectivity index (χ1) is 7.89. The fourth-order valence-corrected chi connectivity index (χ4v) is 1.83. The average molecular weight is 233 g/mol. The number of amides is 1. The minimum Gasteiger partial charge on any atom is -0.465 e. The van der Waals surface area contributed by atoms with Gasteiger partial charge in [-0.1, -0.05) is 0 Å². The molecule has 2 aromatic rings. The van der Waals surface area contributed by atoms with Crippen molar-refractivity contribution in [3.8, 4) is 0 Å². The molecule has 1 amide bonds. The Hall–Kier alpha value is -2.04. The number of imidazole rings is 1. The minimum atomic E-state index is -0.961. The van der Waals surface area contributed by atoms with Crippen LogP contribution in [0.15, 0.2) is 30.9 Å². The van der Waals surface area contributed by atoms with Crippen LogP contribution in [0.2, 0.25) is 0 Å². The van der Waals surface area contributed by atoms with Gasteiger partial charge >= 0.3 is 6.09 Å². The van der Waals surface area contributed by atoms with Crippen LogP contribution in [-0.2, 0) is 0 Å². The van der Waals surface area contributed by atoms with Crippen LogP contribution in [0.4, 0.5) is 10.5 Å². The van der Waals surface area contributed by atoms with E-state index in [0.29, 0.717) is 5.69 Å². The number of rotatable bonds is 1. The summed E-state index contributed by atoms with van der Waals surface area (Å²) in [6, 6.07) is 3.64. The second-order valence-electron chi connectivity index (χ2n) is 4.90. The summed E-state index contributed by atoms with van der Waals surface area (Å²) in [4.78, 5) is 16.7. The van der Waals surface area contributed by atoms with Gasteiger partial charge in [0.2, 0.25) is 0 Å². The zero-order chi connectivity index (χ0) is 12.6. The van der Waals surface area contributed by atoms with Gasteiger partial charge in [0.05, 0.1) is 23.7 Å². The van der Waals surface area contributed by atoms with Gasteiger partial charge in [0.1, 0.15) is 0 Å². The zero-order valence-corrected chi connectivity index (χ0v) is 10.1. The number of carboxylic acid groups (broad SMARTS) is 1. The van der Waals surface area contributed by atoms with Crippen LogP contribution < -0.4 is 4.90 Å². The van der Waals surface area contributed by atoms with Crippen LogP contribution in [0.3, 0.4) is 0 Å². The molecule has 2 rings (SSSR count). The van der Waals surface area contributed by atoms with Crippen LogP contribution in [0.1, 0.15) is 20.8 Å². The molecule has 90 valence electrons. The first-order valence-electron chi connectivity index (χ1n) is 5.34. The van der Waals surface area contributed by atoms with Crippen molar-refractivity contribution in [2.45, 2.75) is 26.3 Å². The molecule has 0 aliphatic rings. The van der Waals surface area contributed by atoms with Crippen LogP contribution in [-0.4, -0.2) is 26.1 Å². The van der Waals surface area contributed by atoms with Gasteiger partial charge in [0.25, 0.3) is 0 Å². The highest BCUT2D eigenvalue weighted by atomic mass is 16.4.